The number of hydrogen-bond donors (Lipinski definition) is 0. The number of nitro groups is 1. The first-order valence-electron chi connectivity index (χ1n) is 4.57. The molecule has 0 bridgehead atoms. The zero-order chi connectivity index (χ0) is 11.5. The first-order valence-corrected chi connectivity index (χ1v) is 4.95. The molecule has 0 fully saturated rings. The summed E-state index contributed by atoms with van der Waals surface area (Å²) >= 11 is 5.97. The van der Waals surface area contributed by atoms with Gasteiger partial charge in [-0.1, -0.05) is 29.8 Å². The minimum Gasteiger partial charge on any atom is -0.261 e. The average Bonchev–Trinajstić information content (AvgIpc) is 2.70. The Morgan fingerprint density at radius 1 is 1.44 bits per heavy atom. The van der Waals surface area contributed by atoms with E-state index in [1.54, 1.807) is 6.07 Å². The molecular formula is C10H8ClN3O2. The Kier molecular flexibility index (Phi) is 2.87. The largest absolute Gasteiger partial charge is 0.307 e. The molecule has 0 unspecified atom stereocenters. The van der Waals surface area contributed by atoms with Crippen LogP contribution in [0.1, 0.15) is 5.56 Å². The molecule has 2 rings (SSSR count). The Bertz CT molecular complexity index is 524. The van der Waals surface area contributed by atoms with E-state index in [0.29, 0.717) is 11.6 Å². The topological polar surface area (TPSA) is 61.0 Å². The SMILES string of the molecule is O=[N+]([O-])c1cnn(Cc2ccccc2Cl)c1. The molecule has 1 heterocycles. The smallest absolute Gasteiger partial charge is 0.261 e. The molecule has 82 valence electrons. The molecule has 1 aromatic carbocycles. The molecule has 0 aliphatic heterocycles. The van der Waals surface area contributed by atoms with Gasteiger partial charge in [-0.05, 0) is 11.6 Å². The molecule has 0 saturated carbocycles. The predicted molar refractivity (Wildman–Crippen MR) is 59.4 cm³/mol. The maximum atomic E-state index is 10.5. The fourth-order valence-corrected chi connectivity index (χ4v) is 1.53. The first kappa shape index (κ1) is 10.6. The number of benzene rings is 1. The van der Waals surface area contributed by atoms with E-state index >= 15 is 0 Å². The predicted octanol–water partition coefficient (Wildman–Crippen LogP) is 2.49. The molecule has 16 heavy (non-hydrogen) atoms. The summed E-state index contributed by atoms with van der Waals surface area (Å²) in [7, 11) is 0. The number of aromatic nitrogens is 2. The van der Waals surface area contributed by atoms with Gasteiger partial charge in [-0.25, -0.2) is 0 Å². The third-order valence-corrected chi connectivity index (χ3v) is 2.49. The van der Waals surface area contributed by atoms with Crippen molar-refractivity contribution in [3.63, 3.8) is 0 Å². The summed E-state index contributed by atoms with van der Waals surface area (Å²) in [5, 5.41) is 15.0. The normalized spacial score (nSPS) is 10.3. The summed E-state index contributed by atoms with van der Waals surface area (Å²) in [5.41, 5.74) is 0.856. The van der Waals surface area contributed by atoms with Crippen LogP contribution in [0.25, 0.3) is 0 Å². The molecule has 0 atom stereocenters. The van der Waals surface area contributed by atoms with E-state index in [-0.39, 0.29) is 5.69 Å². The van der Waals surface area contributed by atoms with Crippen LogP contribution in [0.3, 0.4) is 0 Å². The minimum atomic E-state index is -0.476. The van der Waals surface area contributed by atoms with Crippen LogP contribution in [-0.2, 0) is 6.54 Å². The van der Waals surface area contributed by atoms with Crippen molar-refractivity contribution in [1.29, 1.82) is 0 Å². The van der Waals surface area contributed by atoms with Crippen molar-refractivity contribution in [3.05, 3.63) is 57.4 Å². The van der Waals surface area contributed by atoms with E-state index in [4.69, 9.17) is 11.6 Å². The van der Waals surface area contributed by atoms with Crippen molar-refractivity contribution in [2.45, 2.75) is 6.54 Å². The van der Waals surface area contributed by atoms with E-state index < -0.39 is 4.92 Å². The van der Waals surface area contributed by atoms with Crippen LogP contribution in [-0.4, -0.2) is 14.7 Å². The third kappa shape index (κ3) is 2.20. The lowest BCUT2D eigenvalue weighted by Crippen LogP contribution is -2.00. The van der Waals surface area contributed by atoms with Gasteiger partial charge in [0.1, 0.15) is 12.4 Å². The van der Waals surface area contributed by atoms with E-state index in [9.17, 15) is 10.1 Å². The summed E-state index contributed by atoms with van der Waals surface area (Å²) in [4.78, 5) is 9.98. The van der Waals surface area contributed by atoms with Crippen LogP contribution in [0, 0.1) is 10.1 Å². The molecule has 1 aromatic heterocycles. The van der Waals surface area contributed by atoms with E-state index in [0.717, 1.165) is 5.56 Å². The molecule has 0 amide bonds. The molecule has 0 aliphatic rings. The maximum Gasteiger partial charge on any atom is 0.307 e. The van der Waals surface area contributed by atoms with Crippen LogP contribution in [0.15, 0.2) is 36.7 Å². The Hall–Kier alpha value is -1.88. The van der Waals surface area contributed by atoms with Gasteiger partial charge in [-0.15, -0.1) is 0 Å². The average molecular weight is 238 g/mol. The standard InChI is InChI=1S/C10H8ClN3O2/c11-10-4-2-1-3-8(10)6-13-7-9(5-12-13)14(15)16/h1-5,7H,6H2. The van der Waals surface area contributed by atoms with E-state index in [1.807, 2.05) is 18.2 Å². The summed E-state index contributed by atoms with van der Waals surface area (Å²) in [6.45, 7) is 0.424. The highest BCUT2D eigenvalue weighted by atomic mass is 35.5. The maximum absolute atomic E-state index is 10.5. The van der Waals surface area contributed by atoms with Gasteiger partial charge in [-0.2, -0.15) is 5.10 Å². The fourth-order valence-electron chi connectivity index (χ4n) is 1.33. The quantitative estimate of drug-likeness (QED) is 0.609. The third-order valence-electron chi connectivity index (χ3n) is 2.12. The molecule has 0 aliphatic carbocycles. The molecule has 2 aromatic rings. The van der Waals surface area contributed by atoms with Gasteiger partial charge in [0.25, 0.3) is 0 Å². The number of nitrogens with zero attached hydrogens (tertiary/aromatic N) is 3. The van der Waals surface area contributed by atoms with Gasteiger partial charge >= 0.3 is 5.69 Å². The van der Waals surface area contributed by atoms with Gasteiger partial charge in [0.05, 0.1) is 11.5 Å². The van der Waals surface area contributed by atoms with Crippen LogP contribution < -0.4 is 0 Å². The van der Waals surface area contributed by atoms with E-state index in [1.165, 1.54) is 17.1 Å². The number of hydrogen-bond acceptors (Lipinski definition) is 3. The van der Waals surface area contributed by atoms with Crippen molar-refractivity contribution in [1.82, 2.24) is 9.78 Å². The van der Waals surface area contributed by atoms with Gasteiger partial charge in [0.2, 0.25) is 0 Å². The number of rotatable bonds is 3. The van der Waals surface area contributed by atoms with Crippen LogP contribution >= 0.6 is 11.6 Å². The van der Waals surface area contributed by atoms with Crippen molar-refractivity contribution in [2.24, 2.45) is 0 Å². The minimum absolute atomic E-state index is 0.0212. The van der Waals surface area contributed by atoms with Gasteiger partial charge in [0, 0.05) is 5.02 Å². The molecule has 0 N–H and O–H groups in total. The van der Waals surface area contributed by atoms with Gasteiger partial charge in [-0.3, -0.25) is 14.8 Å². The zero-order valence-electron chi connectivity index (χ0n) is 8.21. The van der Waals surface area contributed by atoms with Crippen LogP contribution in [0.2, 0.25) is 5.02 Å². The summed E-state index contributed by atoms with van der Waals surface area (Å²) < 4.78 is 1.49. The highest BCUT2D eigenvalue weighted by Gasteiger charge is 2.09. The highest BCUT2D eigenvalue weighted by Crippen LogP contribution is 2.17. The molecule has 6 heteroatoms. The molecule has 0 spiro atoms. The molecular weight excluding hydrogens is 230 g/mol. The zero-order valence-corrected chi connectivity index (χ0v) is 8.96. The number of halogens is 1. The molecule has 0 radical (unpaired) electrons. The van der Waals surface area contributed by atoms with Crippen LogP contribution in [0.5, 0.6) is 0 Å². The molecule has 0 saturated heterocycles. The second kappa shape index (κ2) is 4.32. The molecule has 5 nitrogen and oxygen atoms in total. The van der Waals surface area contributed by atoms with E-state index in [2.05, 4.69) is 5.10 Å². The lowest BCUT2D eigenvalue weighted by molar-refractivity contribution is -0.385. The van der Waals surface area contributed by atoms with Crippen molar-refractivity contribution >= 4 is 17.3 Å². The second-order valence-electron chi connectivity index (χ2n) is 3.24. The lowest BCUT2D eigenvalue weighted by atomic mass is 10.2. The van der Waals surface area contributed by atoms with Crippen molar-refractivity contribution in [3.8, 4) is 0 Å². The van der Waals surface area contributed by atoms with Crippen LogP contribution in [0.4, 0.5) is 5.69 Å². The van der Waals surface area contributed by atoms with Gasteiger partial charge < -0.3 is 0 Å². The Balaban J connectivity index is 2.21. The second-order valence-corrected chi connectivity index (χ2v) is 3.65. The van der Waals surface area contributed by atoms with Crippen molar-refractivity contribution in [2.75, 3.05) is 0 Å². The monoisotopic (exact) mass is 237 g/mol. The lowest BCUT2D eigenvalue weighted by Gasteiger charge is -2.02. The fraction of sp³-hybridized carbons (Fsp3) is 0.100. The Morgan fingerprint density at radius 2 is 2.19 bits per heavy atom. The highest BCUT2D eigenvalue weighted by molar-refractivity contribution is 6.31. The van der Waals surface area contributed by atoms with Gasteiger partial charge in [0.15, 0.2) is 0 Å². The summed E-state index contributed by atoms with van der Waals surface area (Å²) in [6.07, 6.45) is 2.60. The Morgan fingerprint density at radius 3 is 2.81 bits per heavy atom. The first-order chi connectivity index (χ1) is 7.66. The Labute approximate surface area is 96.4 Å². The summed E-state index contributed by atoms with van der Waals surface area (Å²) in [6, 6.07) is 7.32. The summed E-state index contributed by atoms with van der Waals surface area (Å²) in [5.74, 6) is 0. The van der Waals surface area contributed by atoms with Crippen molar-refractivity contribution < 1.29 is 4.92 Å².